The molecule has 0 fully saturated rings. The van der Waals surface area contributed by atoms with Crippen molar-refractivity contribution in [2.24, 2.45) is 0 Å². The largest absolute Gasteiger partial charge is 0.465 e. The molecule has 17 heavy (non-hydrogen) atoms. The molecule has 2 N–H and O–H groups in total. The molecule has 0 atom stereocenters. The van der Waals surface area contributed by atoms with Gasteiger partial charge in [-0.2, -0.15) is 0 Å². The molecule has 6 nitrogen and oxygen atoms in total. The summed E-state index contributed by atoms with van der Waals surface area (Å²) in [6.07, 6.45) is 1.48. The molecule has 0 saturated carbocycles. The summed E-state index contributed by atoms with van der Waals surface area (Å²) in [6.45, 7) is 0. The molecular formula is C9H8N4O2S2. The number of rotatable bonds is 3. The molecule has 0 bridgehead atoms. The van der Waals surface area contributed by atoms with E-state index in [1.165, 1.54) is 42.5 Å². The first kappa shape index (κ1) is 11.8. The van der Waals surface area contributed by atoms with Gasteiger partial charge in [0.05, 0.1) is 24.6 Å². The fraction of sp³-hybridized carbons (Fsp3) is 0.111. The fourth-order valence-electron chi connectivity index (χ4n) is 1.10. The van der Waals surface area contributed by atoms with Gasteiger partial charge in [-0.15, -0.1) is 10.2 Å². The summed E-state index contributed by atoms with van der Waals surface area (Å²) >= 11 is 2.62. The van der Waals surface area contributed by atoms with Crippen molar-refractivity contribution >= 4 is 34.8 Å². The predicted molar refractivity (Wildman–Crippen MR) is 64.0 cm³/mol. The van der Waals surface area contributed by atoms with E-state index in [1.54, 1.807) is 5.51 Å². The number of nitrogen functional groups attached to an aromatic ring is 1. The molecule has 88 valence electrons. The summed E-state index contributed by atoms with van der Waals surface area (Å²) in [5.41, 5.74) is 7.93. The van der Waals surface area contributed by atoms with E-state index in [4.69, 9.17) is 5.73 Å². The maximum atomic E-state index is 11.6. The normalized spacial score (nSPS) is 10.2. The van der Waals surface area contributed by atoms with Crippen molar-refractivity contribution in [3.05, 3.63) is 23.3 Å². The van der Waals surface area contributed by atoms with E-state index < -0.39 is 5.97 Å². The van der Waals surface area contributed by atoms with Crippen LogP contribution in [0.25, 0.3) is 0 Å². The zero-order chi connectivity index (χ0) is 12.3. The van der Waals surface area contributed by atoms with Crippen LogP contribution in [0.3, 0.4) is 0 Å². The van der Waals surface area contributed by atoms with Gasteiger partial charge in [-0.3, -0.25) is 0 Å². The predicted octanol–water partition coefficient (Wildman–Crippen LogP) is 1.45. The minimum absolute atomic E-state index is 0.327. The van der Waals surface area contributed by atoms with E-state index in [9.17, 15) is 4.79 Å². The van der Waals surface area contributed by atoms with Gasteiger partial charge in [0.25, 0.3) is 0 Å². The number of pyridine rings is 1. The zero-order valence-corrected chi connectivity index (χ0v) is 10.4. The molecule has 0 amide bonds. The van der Waals surface area contributed by atoms with Crippen molar-refractivity contribution in [3.63, 3.8) is 0 Å². The number of anilines is 1. The van der Waals surface area contributed by atoms with Gasteiger partial charge in [-0.1, -0.05) is 11.3 Å². The first-order valence-electron chi connectivity index (χ1n) is 4.48. The molecular weight excluding hydrogens is 260 g/mol. The molecule has 0 saturated heterocycles. The number of nitrogens with two attached hydrogens (primary N) is 1. The second-order valence-electron chi connectivity index (χ2n) is 2.92. The van der Waals surface area contributed by atoms with Crippen molar-refractivity contribution in [2.75, 3.05) is 12.8 Å². The number of carbonyl (C=O) groups is 1. The molecule has 0 aliphatic rings. The summed E-state index contributed by atoms with van der Waals surface area (Å²) in [4.78, 5) is 15.6. The smallest absolute Gasteiger partial charge is 0.340 e. The van der Waals surface area contributed by atoms with Crippen LogP contribution in [-0.4, -0.2) is 28.3 Å². The average Bonchev–Trinajstić information content (AvgIpc) is 2.83. The lowest BCUT2D eigenvalue weighted by Crippen LogP contribution is -2.05. The molecule has 0 aliphatic carbocycles. The maximum absolute atomic E-state index is 11.6. The Labute approximate surface area is 105 Å². The van der Waals surface area contributed by atoms with Crippen LogP contribution in [0.15, 0.2) is 27.1 Å². The molecule has 2 rings (SSSR count). The minimum atomic E-state index is -0.475. The van der Waals surface area contributed by atoms with E-state index in [-0.39, 0.29) is 0 Å². The Kier molecular flexibility index (Phi) is 3.55. The Morgan fingerprint density at radius 2 is 2.41 bits per heavy atom. The Balaban J connectivity index is 2.35. The second-order valence-corrected chi connectivity index (χ2v) is 4.99. The van der Waals surface area contributed by atoms with Gasteiger partial charge < -0.3 is 10.5 Å². The van der Waals surface area contributed by atoms with Crippen LogP contribution < -0.4 is 5.73 Å². The van der Waals surface area contributed by atoms with Crippen molar-refractivity contribution in [1.29, 1.82) is 0 Å². The Morgan fingerprint density at radius 1 is 1.59 bits per heavy atom. The highest BCUT2D eigenvalue weighted by Gasteiger charge is 2.16. The lowest BCUT2D eigenvalue weighted by Gasteiger charge is -2.05. The van der Waals surface area contributed by atoms with Crippen LogP contribution >= 0.6 is 23.1 Å². The lowest BCUT2D eigenvalue weighted by atomic mass is 10.3. The first-order chi connectivity index (χ1) is 8.20. The second kappa shape index (κ2) is 5.11. The number of esters is 1. The zero-order valence-electron chi connectivity index (χ0n) is 8.78. The summed E-state index contributed by atoms with van der Waals surface area (Å²) in [5, 5.41) is 8.08. The third-order valence-corrected chi connectivity index (χ3v) is 3.60. The SMILES string of the molecule is COC(=O)c1cc(N)cnc1Sc1nncs1. The third kappa shape index (κ3) is 2.71. The van der Waals surface area contributed by atoms with Crippen molar-refractivity contribution < 1.29 is 9.53 Å². The average molecular weight is 268 g/mol. The highest BCUT2D eigenvalue weighted by atomic mass is 32.2. The highest BCUT2D eigenvalue weighted by molar-refractivity contribution is 8.01. The van der Waals surface area contributed by atoms with Crippen LogP contribution in [0.5, 0.6) is 0 Å². The number of aromatic nitrogens is 3. The van der Waals surface area contributed by atoms with Crippen molar-refractivity contribution in [1.82, 2.24) is 15.2 Å². The first-order valence-corrected chi connectivity index (χ1v) is 6.18. The van der Waals surface area contributed by atoms with E-state index in [0.29, 0.717) is 20.6 Å². The number of hydrogen-bond acceptors (Lipinski definition) is 8. The molecule has 0 spiro atoms. The van der Waals surface area contributed by atoms with Crippen LogP contribution in [0, 0.1) is 0 Å². The van der Waals surface area contributed by atoms with Crippen LogP contribution in [0.4, 0.5) is 5.69 Å². The molecule has 2 aromatic rings. The summed E-state index contributed by atoms with van der Waals surface area (Å²) in [6, 6.07) is 1.53. The van der Waals surface area contributed by atoms with E-state index in [1.807, 2.05) is 0 Å². The monoisotopic (exact) mass is 268 g/mol. The molecule has 0 unspecified atom stereocenters. The van der Waals surface area contributed by atoms with Crippen molar-refractivity contribution in [3.8, 4) is 0 Å². The number of ether oxygens (including phenoxy) is 1. The summed E-state index contributed by atoms with van der Waals surface area (Å²) in [5.74, 6) is -0.475. The molecule has 0 aromatic carbocycles. The van der Waals surface area contributed by atoms with Gasteiger partial charge in [0.2, 0.25) is 0 Å². The van der Waals surface area contributed by atoms with Gasteiger partial charge in [-0.25, -0.2) is 9.78 Å². The summed E-state index contributed by atoms with van der Waals surface area (Å²) < 4.78 is 5.37. The number of nitrogens with zero attached hydrogens (tertiary/aromatic N) is 3. The Bertz CT molecular complexity index is 530. The van der Waals surface area contributed by atoms with Crippen molar-refractivity contribution in [2.45, 2.75) is 9.37 Å². The molecule has 0 radical (unpaired) electrons. The van der Waals surface area contributed by atoms with Crippen LogP contribution in [0.1, 0.15) is 10.4 Å². The van der Waals surface area contributed by atoms with Crippen LogP contribution in [0.2, 0.25) is 0 Å². The van der Waals surface area contributed by atoms with Gasteiger partial charge in [0, 0.05) is 0 Å². The number of hydrogen-bond donors (Lipinski definition) is 1. The topological polar surface area (TPSA) is 91.0 Å². The van der Waals surface area contributed by atoms with E-state index >= 15 is 0 Å². The van der Waals surface area contributed by atoms with Crippen LogP contribution in [-0.2, 0) is 4.74 Å². The lowest BCUT2D eigenvalue weighted by molar-refractivity contribution is 0.0596. The van der Waals surface area contributed by atoms with Gasteiger partial charge in [0.15, 0.2) is 4.34 Å². The number of methoxy groups -OCH3 is 1. The standard InChI is InChI=1S/C9H8N4O2S2/c1-15-8(14)6-2-5(10)3-11-7(6)17-9-13-12-4-16-9/h2-4H,10H2,1H3. The van der Waals surface area contributed by atoms with E-state index in [0.717, 1.165) is 0 Å². The van der Waals surface area contributed by atoms with Gasteiger partial charge >= 0.3 is 5.97 Å². The minimum Gasteiger partial charge on any atom is -0.465 e. The molecule has 0 aliphatic heterocycles. The third-order valence-electron chi connectivity index (χ3n) is 1.80. The highest BCUT2D eigenvalue weighted by Crippen LogP contribution is 2.30. The molecule has 2 heterocycles. The summed E-state index contributed by atoms with van der Waals surface area (Å²) in [7, 11) is 1.31. The number of carbonyl (C=O) groups excluding carboxylic acids is 1. The Morgan fingerprint density at radius 3 is 3.06 bits per heavy atom. The van der Waals surface area contributed by atoms with Gasteiger partial charge in [0.1, 0.15) is 10.5 Å². The fourth-order valence-corrected chi connectivity index (χ4v) is 2.54. The maximum Gasteiger partial charge on any atom is 0.340 e. The molecule has 2 aromatic heterocycles. The Hall–Kier alpha value is -1.67. The molecule has 8 heteroatoms. The van der Waals surface area contributed by atoms with Gasteiger partial charge in [-0.05, 0) is 17.8 Å². The quantitative estimate of drug-likeness (QED) is 0.842. The van der Waals surface area contributed by atoms with E-state index in [2.05, 4.69) is 19.9 Å².